The molecule has 8 nitrogen and oxygen atoms in total. The molecule has 3 atom stereocenters. The SMILES string of the molecule is CC/C=C\C/C=C\C/C=C\C/C=C\C/C=C\CC(=O)NC(COP(=O)([O-])OCC[N+](C)(C)C)C(O)/C=C/CCCCCCCCCCCCCCCCC. The highest BCUT2D eigenvalue weighted by molar-refractivity contribution is 7.45. The Hall–Kier alpha value is -2.06. The van der Waals surface area contributed by atoms with Gasteiger partial charge in [-0.25, -0.2) is 0 Å². The summed E-state index contributed by atoms with van der Waals surface area (Å²) >= 11 is 0. The monoisotopic (exact) mass is 777 g/mol. The van der Waals surface area contributed by atoms with Crippen molar-refractivity contribution in [1.29, 1.82) is 0 Å². The molecule has 0 bridgehead atoms. The van der Waals surface area contributed by atoms with Gasteiger partial charge in [0.2, 0.25) is 5.91 Å². The Morgan fingerprint density at radius 2 is 1.11 bits per heavy atom. The Balaban J connectivity index is 4.61. The van der Waals surface area contributed by atoms with Crippen LogP contribution in [0.25, 0.3) is 0 Å². The first kappa shape index (κ1) is 51.9. The maximum absolute atomic E-state index is 12.8. The molecular weight excluding hydrogens is 695 g/mol. The summed E-state index contributed by atoms with van der Waals surface area (Å²) in [7, 11) is 1.19. The first-order valence-electron chi connectivity index (χ1n) is 21.3. The van der Waals surface area contributed by atoms with Crippen LogP contribution < -0.4 is 10.2 Å². The van der Waals surface area contributed by atoms with Crippen LogP contribution in [0.15, 0.2) is 72.9 Å². The number of carbonyl (C=O) groups excluding carboxylic acids is 1. The summed E-state index contributed by atoms with van der Waals surface area (Å²) in [6.07, 6.45) is 48.3. The van der Waals surface area contributed by atoms with Gasteiger partial charge < -0.3 is 28.8 Å². The van der Waals surface area contributed by atoms with E-state index in [0.717, 1.165) is 44.9 Å². The molecule has 312 valence electrons. The zero-order valence-electron chi connectivity index (χ0n) is 35.1. The average molecular weight is 777 g/mol. The number of phosphoric acid groups is 1. The van der Waals surface area contributed by atoms with Crippen LogP contribution in [0.2, 0.25) is 0 Å². The lowest BCUT2D eigenvalue weighted by Crippen LogP contribution is -2.45. The Morgan fingerprint density at radius 3 is 1.57 bits per heavy atom. The summed E-state index contributed by atoms with van der Waals surface area (Å²) in [4.78, 5) is 25.2. The number of carbonyl (C=O) groups is 1. The van der Waals surface area contributed by atoms with Crippen LogP contribution in [0, 0.1) is 0 Å². The minimum Gasteiger partial charge on any atom is -0.756 e. The van der Waals surface area contributed by atoms with Crippen LogP contribution in [0.5, 0.6) is 0 Å². The summed E-state index contributed by atoms with van der Waals surface area (Å²) in [5, 5.41) is 13.7. The van der Waals surface area contributed by atoms with Gasteiger partial charge in [0.05, 0.1) is 39.9 Å². The van der Waals surface area contributed by atoms with E-state index in [0.29, 0.717) is 17.4 Å². The fourth-order valence-corrected chi connectivity index (χ4v) is 6.29. The number of quaternary nitrogens is 1. The van der Waals surface area contributed by atoms with E-state index in [9.17, 15) is 19.4 Å². The third-order valence-corrected chi connectivity index (χ3v) is 9.92. The van der Waals surface area contributed by atoms with Crippen molar-refractivity contribution in [2.24, 2.45) is 0 Å². The molecule has 0 rings (SSSR count). The van der Waals surface area contributed by atoms with Gasteiger partial charge in [0.25, 0.3) is 7.82 Å². The number of unbranched alkanes of at least 4 members (excludes halogenated alkanes) is 15. The van der Waals surface area contributed by atoms with Crippen molar-refractivity contribution in [2.45, 2.75) is 167 Å². The van der Waals surface area contributed by atoms with Gasteiger partial charge in [-0.15, -0.1) is 0 Å². The third-order valence-electron chi connectivity index (χ3n) is 8.95. The minimum absolute atomic E-state index is 0.0207. The van der Waals surface area contributed by atoms with E-state index >= 15 is 0 Å². The van der Waals surface area contributed by atoms with E-state index in [1.54, 1.807) is 12.2 Å². The highest BCUT2D eigenvalue weighted by Crippen LogP contribution is 2.38. The highest BCUT2D eigenvalue weighted by atomic mass is 31.2. The number of allylic oxidation sites excluding steroid dienone is 10. The molecule has 0 saturated carbocycles. The van der Waals surface area contributed by atoms with Crippen molar-refractivity contribution in [3.63, 3.8) is 0 Å². The van der Waals surface area contributed by atoms with Crippen molar-refractivity contribution in [2.75, 3.05) is 40.9 Å². The lowest BCUT2D eigenvalue weighted by atomic mass is 10.0. The molecule has 0 aliphatic carbocycles. The summed E-state index contributed by atoms with van der Waals surface area (Å²) in [5.41, 5.74) is 0. The quantitative estimate of drug-likeness (QED) is 0.0281. The molecule has 0 heterocycles. The highest BCUT2D eigenvalue weighted by Gasteiger charge is 2.22. The molecule has 0 aromatic carbocycles. The largest absolute Gasteiger partial charge is 0.756 e. The summed E-state index contributed by atoms with van der Waals surface area (Å²) < 4.78 is 23.1. The summed E-state index contributed by atoms with van der Waals surface area (Å²) in [5.74, 6) is -0.327. The van der Waals surface area contributed by atoms with E-state index in [4.69, 9.17) is 9.05 Å². The van der Waals surface area contributed by atoms with Crippen LogP contribution in [-0.4, -0.2) is 68.5 Å². The molecule has 0 aromatic rings. The normalized spacial score (nSPS) is 15.2. The predicted octanol–water partition coefficient (Wildman–Crippen LogP) is 11.0. The van der Waals surface area contributed by atoms with E-state index in [-0.39, 0.29) is 18.9 Å². The van der Waals surface area contributed by atoms with Crippen LogP contribution in [0.1, 0.15) is 155 Å². The zero-order chi connectivity index (χ0) is 40.0. The molecule has 0 spiro atoms. The molecule has 0 aliphatic rings. The number of likely N-dealkylation sites (N-methyl/N-ethyl adjacent to an activating group) is 1. The van der Waals surface area contributed by atoms with Crippen molar-refractivity contribution in [1.82, 2.24) is 5.32 Å². The fourth-order valence-electron chi connectivity index (χ4n) is 5.57. The molecule has 0 radical (unpaired) electrons. The van der Waals surface area contributed by atoms with Gasteiger partial charge in [-0.1, -0.05) is 177 Å². The second-order valence-corrected chi connectivity index (χ2v) is 16.7. The molecule has 3 unspecified atom stereocenters. The third kappa shape index (κ3) is 38.2. The molecule has 1 amide bonds. The van der Waals surface area contributed by atoms with Gasteiger partial charge >= 0.3 is 0 Å². The molecule has 2 N–H and O–H groups in total. The maximum atomic E-state index is 12.8. The predicted molar refractivity (Wildman–Crippen MR) is 228 cm³/mol. The number of rotatable bonds is 37. The summed E-state index contributed by atoms with van der Waals surface area (Å²) in [6.45, 7) is 4.43. The smallest absolute Gasteiger partial charge is 0.268 e. The van der Waals surface area contributed by atoms with E-state index in [1.807, 2.05) is 33.3 Å². The van der Waals surface area contributed by atoms with E-state index in [2.05, 4.69) is 67.8 Å². The number of aliphatic hydroxyl groups is 1. The Labute approximate surface area is 332 Å². The first-order chi connectivity index (χ1) is 26.0. The fraction of sp³-hybridized carbons (Fsp3) is 0.711. The van der Waals surface area contributed by atoms with Crippen LogP contribution in [-0.2, 0) is 18.4 Å². The molecule has 54 heavy (non-hydrogen) atoms. The number of hydrogen-bond acceptors (Lipinski definition) is 6. The zero-order valence-corrected chi connectivity index (χ0v) is 36.0. The van der Waals surface area contributed by atoms with Gasteiger partial charge in [-0.2, -0.15) is 0 Å². The van der Waals surface area contributed by atoms with Gasteiger partial charge in [-0.05, 0) is 44.9 Å². The van der Waals surface area contributed by atoms with E-state index < -0.39 is 26.6 Å². The number of nitrogens with one attached hydrogen (secondary N) is 1. The molecule has 9 heteroatoms. The van der Waals surface area contributed by atoms with Crippen molar-refractivity contribution in [3.8, 4) is 0 Å². The Bertz CT molecular complexity index is 1110. The number of aliphatic hydroxyl groups excluding tert-OH is 1. The molecule has 0 fully saturated rings. The molecule has 0 saturated heterocycles. The van der Waals surface area contributed by atoms with Crippen molar-refractivity contribution >= 4 is 13.7 Å². The Morgan fingerprint density at radius 1 is 0.667 bits per heavy atom. The second-order valence-electron chi connectivity index (χ2n) is 15.3. The average Bonchev–Trinajstić information content (AvgIpc) is 3.12. The van der Waals surface area contributed by atoms with Crippen LogP contribution in [0.3, 0.4) is 0 Å². The lowest BCUT2D eigenvalue weighted by Gasteiger charge is -2.29. The minimum atomic E-state index is -4.61. The van der Waals surface area contributed by atoms with E-state index in [1.165, 1.54) is 83.5 Å². The van der Waals surface area contributed by atoms with Gasteiger partial charge in [0, 0.05) is 6.42 Å². The first-order valence-corrected chi connectivity index (χ1v) is 22.8. The lowest BCUT2D eigenvalue weighted by molar-refractivity contribution is -0.870. The standard InChI is InChI=1S/C45H81N2O6P/c1-6-8-10-12-14-16-18-20-22-23-25-26-28-30-32-34-36-38-44(48)43(42-53-54(50,51)52-41-40-47(3,4)5)46-45(49)39-37-35-33-31-29-27-24-21-19-17-15-13-11-9-7-2/h9,11,15,17,21,24,29,31,35-38,43-44,48H,6-8,10,12-14,16,18-20,22-23,25-28,30,32-34,39-42H2,1-5H3,(H-,46,49,50,51)/b11-9-,17-15-,24-21-,31-29-,37-35-,38-36+. The van der Waals surface area contributed by atoms with Gasteiger partial charge in [-0.3, -0.25) is 9.36 Å². The van der Waals surface area contributed by atoms with Gasteiger partial charge in [0.15, 0.2) is 0 Å². The number of hydrogen-bond donors (Lipinski definition) is 2. The Kier molecular flexibility index (Phi) is 35.2. The number of phosphoric ester groups is 1. The van der Waals surface area contributed by atoms with Crippen LogP contribution >= 0.6 is 7.82 Å². The summed E-state index contributed by atoms with van der Waals surface area (Å²) in [6, 6.07) is -0.943. The topological polar surface area (TPSA) is 108 Å². The second kappa shape index (κ2) is 36.6. The van der Waals surface area contributed by atoms with Crippen molar-refractivity contribution in [3.05, 3.63) is 72.9 Å². The number of nitrogens with zero attached hydrogens (tertiary/aromatic N) is 1. The van der Waals surface area contributed by atoms with Crippen LogP contribution in [0.4, 0.5) is 0 Å². The molecule has 0 aromatic heterocycles. The van der Waals surface area contributed by atoms with Crippen molar-refractivity contribution < 1.29 is 32.9 Å². The molecular formula is C45H81N2O6P. The molecule has 0 aliphatic heterocycles. The maximum Gasteiger partial charge on any atom is 0.268 e. The number of amides is 1. The van der Waals surface area contributed by atoms with Gasteiger partial charge in [0.1, 0.15) is 13.2 Å².